The summed E-state index contributed by atoms with van der Waals surface area (Å²) in [6, 6.07) is 3.42. The van der Waals surface area contributed by atoms with Gasteiger partial charge < -0.3 is 4.74 Å². The molecule has 6 heteroatoms. The van der Waals surface area contributed by atoms with Crippen molar-refractivity contribution in [3.8, 4) is 5.75 Å². The molecule has 1 aromatic rings. The van der Waals surface area contributed by atoms with Gasteiger partial charge in [-0.2, -0.15) is 0 Å². The molecule has 0 aromatic heterocycles. The van der Waals surface area contributed by atoms with Gasteiger partial charge in [0, 0.05) is 11.4 Å². The van der Waals surface area contributed by atoms with Gasteiger partial charge in [-0.1, -0.05) is 6.07 Å². The Bertz CT molecular complexity index is 363. The van der Waals surface area contributed by atoms with Gasteiger partial charge in [-0.05, 0) is 17.7 Å². The number of hydrogen-bond acceptors (Lipinski definition) is 2. The Labute approximate surface area is 88.6 Å². The summed E-state index contributed by atoms with van der Waals surface area (Å²) in [5.74, 6) is -0.376. The zero-order valence-corrected chi connectivity index (χ0v) is 8.10. The molecule has 0 N–H and O–H groups in total. The topological polar surface area (TPSA) is 26.3 Å². The largest absolute Gasteiger partial charge is 0.573 e. The van der Waals surface area contributed by atoms with Gasteiger partial charge in [0.1, 0.15) is 5.75 Å². The second-order valence-electron chi connectivity index (χ2n) is 2.66. The van der Waals surface area contributed by atoms with E-state index in [1.807, 2.05) is 0 Å². The summed E-state index contributed by atoms with van der Waals surface area (Å²) in [5.41, 5.74) is 0.549. The summed E-state index contributed by atoms with van der Waals surface area (Å²) >= 11 is 5.47. The molecule has 0 atom stereocenters. The Balaban J connectivity index is 2.98. The Morgan fingerprint density at radius 1 is 1.40 bits per heavy atom. The first kappa shape index (κ1) is 11.8. The van der Waals surface area contributed by atoms with Gasteiger partial charge >= 0.3 is 6.36 Å². The lowest BCUT2D eigenvalue weighted by Gasteiger charge is -2.10. The summed E-state index contributed by atoms with van der Waals surface area (Å²) in [6.45, 7) is 0. The monoisotopic (exact) mass is 238 g/mol. The quantitative estimate of drug-likeness (QED) is 0.597. The van der Waals surface area contributed by atoms with Crippen LogP contribution in [-0.4, -0.2) is 12.6 Å². The molecule has 0 saturated carbocycles. The van der Waals surface area contributed by atoms with Crippen molar-refractivity contribution in [1.82, 2.24) is 0 Å². The molecule has 82 valence electrons. The maximum Gasteiger partial charge on any atom is 0.573 e. The first-order valence-corrected chi connectivity index (χ1v) is 4.39. The van der Waals surface area contributed by atoms with E-state index in [9.17, 15) is 18.0 Å². The predicted molar refractivity (Wildman–Crippen MR) is 48.1 cm³/mol. The van der Waals surface area contributed by atoms with Crippen LogP contribution in [0.15, 0.2) is 18.2 Å². The zero-order valence-electron chi connectivity index (χ0n) is 7.34. The Kier molecular flexibility index (Phi) is 3.57. The lowest BCUT2D eigenvalue weighted by Crippen LogP contribution is -2.17. The molecule has 0 heterocycles. The molecule has 0 aliphatic rings. The fraction of sp³-hybridized carbons (Fsp3) is 0.222. The van der Waals surface area contributed by atoms with Crippen LogP contribution in [0.3, 0.4) is 0 Å². The van der Waals surface area contributed by atoms with Crippen LogP contribution in [0.25, 0.3) is 0 Å². The first-order valence-electron chi connectivity index (χ1n) is 3.86. The lowest BCUT2D eigenvalue weighted by molar-refractivity contribution is -0.274. The number of carbonyl (C=O) groups excluding carboxylic acids is 1. The van der Waals surface area contributed by atoms with E-state index < -0.39 is 12.1 Å². The average Bonchev–Trinajstić information content (AvgIpc) is 2.15. The Morgan fingerprint density at radius 2 is 2.07 bits per heavy atom. The molecule has 0 spiro atoms. The molecular weight excluding hydrogens is 233 g/mol. The van der Waals surface area contributed by atoms with Crippen molar-refractivity contribution in [2.75, 3.05) is 0 Å². The number of hydrogen-bond donors (Lipinski definition) is 0. The molecule has 0 bridgehead atoms. The highest BCUT2D eigenvalue weighted by Crippen LogP contribution is 2.24. The predicted octanol–water partition coefficient (Wildman–Crippen LogP) is 3.14. The third-order valence-corrected chi connectivity index (χ3v) is 1.91. The maximum absolute atomic E-state index is 11.8. The second-order valence-corrected chi connectivity index (χ2v) is 2.93. The van der Waals surface area contributed by atoms with Crippen molar-refractivity contribution in [2.24, 2.45) is 0 Å². The van der Waals surface area contributed by atoms with Gasteiger partial charge in [0.15, 0.2) is 6.29 Å². The molecule has 0 unspecified atom stereocenters. The number of carbonyl (C=O) groups is 1. The van der Waals surface area contributed by atoms with Gasteiger partial charge in [-0.3, -0.25) is 4.79 Å². The number of rotatable bonds is 3. The highest BCUT2D eigenvalue weighted by Gasteiger charge is 2.31. The van der Waals surface area contributed by atoms with Crippen molar-refractivity contribution in [3.05, 3.63) is 29.3 Å². The fourth-order valence-electron chi connectivity index (χ4n) is 1.00. The summed E-state index contributed by atoms with van der Waals surface area (Å²) in [4.78, 5) is 10.5. The number of ether oxygens (including phenoxy) is 1. The van der Waals surface area contributed by atoms with Crippen LogP contribution in [0, 0.1) is 0 Å². The van der Waals surface area contributed by atoms with E-state index in [4.69, 9.17) is 11.6 Å². The van der Waals surface area contributed by atoms with E-state index in [2.05, 4.69) is 4.74 Å². The SMILES string of the molecule is O=Cc1cc(OC(F)(F)F)ccc1CCl. The minimum atomic E-state index is -4.76. The minimum absolute atomic E-state index is 0.0559. The van der Waals surface area contributed by atoms with E-state index in [0.717, 1.165) is 12.1 Å². The van der Waals surface area contributed by atoms with E-state index in [1.165, 1.54) is 6.07 Å². The molecule has 0 radical (unpaired) electrons. The molecule has 0 amide bonds. The highest BCUT2D eigenvalue weighted by atomic mass is 35.5. The smallest absolute Gasteiger partial charge is 0.406 e. The van der Waals surface area contributed by atoms with Crippen LogP contribution in [0.2, 0.25) is 0 Å². The van der Waals surface area contributed by atoms with Gasteiger partial charge in [0.05, 0.1) is 0 Å². The first-order chi connectivity index (χ1) is 6.96. The van der Waals surface area contributed by atoms with E-state index in [0.29, 0.717) is 11.8 Å². The molecule has 1 aromatic carbocycles. The third kappa shape index (κ3) is 3.43. The third-order valence-electron chi connectivity index (χ3n) is 1.62. The van der Waals surface area contributed by atoms with E-state index in [1.54, 1.807) is 0 Å². The van der Waals surface area contributed by atoms with Gasteiger partial charge in [-0.25, -0.2) is 0 Å². The molecular formula is C9H6ClF3O2. The van der Waals surface area contributed by atoms with E-state index in [-0.39, 0.29) is 11.4 Å². The molecule has 0 aliphatic carbocycles. The lowest BCUT2D eigenvalue weighted by atomic mass is 10.1. The van der Waals surface area contributed by atoms with Crippen LogP contribution < -0.4 is 4.74 Å². The molecule has 0 fully saturated rings. The van der Waals surface area contributed by atoms with Crippen molar-refractivity contribution >= 4 is 17.9 Å². The van der Waals surface area contributed by atoms with Gasteiger partial charge in [0.2, 0.25) is 0 Å². The van der Waals surface area contributed by atoms with Crippen molar-refractivity contribution in [2.45, 2.75) is 12.2 Å². The molecule has 15 heavy (non-hydrogen) atoms. The standard InChI is InChI=1S/C9H6ClF3O2/c10-4-6-1-2-8(3-7(6)5-14)15-9(11,12)13/h1-3,5H,4H2. The molecule has 1 rings (SSSR count). The number of aldehydes is 1. The summed E-state index contributed by atoms with van der Waals surface area (Å²) in [6.07, 6.45) is -4.33. The van der Waals surface area contributed by atoms with E-state index >= 15 is 0 Å². The molecule has 0 saturated heterocycles. The highest BCUT2D eigenvalue weighted by molar-refractivity contribution is 6.17. The Morgan fingerprint density at radius 3 is 2.53 bits per heavy atom. The van der Waals surface area contributed by atoms with Crippen LogP contribution >= 0.6 is 11.6 Å². The summed E-state index contributed by atoms with van der Waals surface area (Å²) in [7, 11) is 0. The van der Waals surface area contributed by atoms with Gasteiger partial charge in [0.25, 0.3) is 0 Å². The molecule has 2 nitrogen and oxygen atoms in total. The zero-order chi connectivity index (χ0) is 11.5. The Hall–Kier alpha value is -1.23. The van der Waals surface area contributed by atoms with Crippen molar-refractivity contribution in [1.29, 1.82) is 0 Å². The van der Waals surface area contributed by atoms with Crippen LogP contribution in [0.4, 0.5) is 13.2 Å². The maximum atomic E-state index is 11.8. The van der Waals surface area contributed by atoms with Crippen LogP contribution in [0.1, 0.15) is 15.9 Å². The van der Waals surface area contributed by atoms with Gasteiger partial charge in [-0.15, -0.1) is 24.8 Å². The number of benzene rings is 1. The van der Waals surface area contributed by atoms with Crippen molar-refractivity contribution in [3.63, 3.8) is 0 Å². The van der Waals surface area contributed by atoms with Crippen LogP contribution in [-0.2, 0) is 5.88 Å². The summed E-state index contributed by atoms with van der Waals surface area (Å²) in [5, 5.41) is 0. The second kappa shape index (κ2) is 4.53. The summed E-state index contributed by atoms with van der Waals surface area (Å²) < 4.78 is 39.1. The number of alkyl halides is 4. The normalized spacial score (nSPS) is 11.2. The van der Waals surface area contributed by atoms with Crippen LogP contribution in [0.5, 0.6) is 5.75 Å². The minimum Gasteiger partial charge on any atom is -0.406 e. The van der Waals surface area contributed by atoms with Crippen molar-refractivity contribution < 1.29 is 22.7 Å². The number of halogens is 4. The average molecular weight is 239 g/mol. The molecule has 0 aliphatic heterocycles. The fourth-order valence-corrected chi connectivity index (χ4v) is 1.24.